The highest BCUT2D eigenvalue weighted by Crippen LogP contribution is 2.11. The van der Waals surface area contributed by atoms with E-state index in [-0.39, 0.29) is 5.91 Å². The Morgan fingerprint density at radius 2 is 2.44 bits per heavy atom. The highest BCUT2D eigenvalue weighted by atomic mass is 32.2. The van der Waals surface area contributed by atoms with Crippen LogP contribution in [0, 0.1) is 6.92 Å². The van der Waals surface area contributed by atoms with Gasteiger partial charge < -0.3 is 11.1 Å². The molecule has 3 N–H and O–H groups in total. The predicted octanol–water partition coefficient (Wildman–Crippen LogP) is 1.41. The van der Waals surface area contributed by atoms with Gasteiger partial charge in [0, 0.05) is 6.20 Å². The van der Waals surface area contributed by atoms with E-state index in [1.54, 1.807) is 24.0 Å². The summed E-state index contributed by atoms with van der Waals surface area (Å²) in [6.07, 6.45) is 4.38. The number of pyridine rings is 1. The average molecular weight is 239 g/mol. The molecule has 0 fully saturated rings. The summed E-state index contributed by atoms with van der Waals surface area (Å²) < 4.78 is 0. The van der Waals surface area contributed by atoms with Gasteiger partial charge in [0.05, 0.1) is 17.4 Å². The number of aryl methyl sites for hydroxylation is 1. The lowest BCUT2D eigenvalue weighted by Crippen LogP contribution is -2.36. The molecule has 1 aromatic heterocycles. The standard InChI is InChI=1S/C11H17N3OS/c1-8-10(4-3-6-13-8)14-11(15)9(12)5-7-16-2/h3-4,6,9H,5,7,12H2,1-2H3,(H,14,15)/t9-/m1/s1. The second kappa shape index (κ2) is 6.50. The van der Waals surface area contributed by atoms with Gasteiger partial charge in [-0.15, -0.1) is 0 Å². The van der Waals surface area contributed by atoms with E-state index in [0.717, 1.165) is 17.1 Å². The van der Waals surface area contributed by atoms with Crippen molar-refractivity contribution in [2.45, 2.75) is 19.4 Å². The minimum atomic E-state index is -0.452. The summed E-state index contributed by atoms with van der Waals surface area (Å²) in [7, 11) is 0. The number of nitrogens with zero attached hydrogens (tertiary/aromatic N) is 1. The Morgan fingerprint density at radius 3 is 3.06 bits per heavy atom. The van der Waals surface area contributed by atoms with E-state index in [9.17, 15) is 4.79 Å². The Balaban J connectivity index is 2.54. The lowest BCUT2D eigenvalue weighted by atomic mass is 10.2. The Hall–Kier alpha value is -1.07. The van der Waals surface area contributed by atoms with Gasteiger partial charge in [0.1, 0.15) is 0 Å². The number of rotatable bonds is 5. The molecular weight excluding hydrogens is 222 g/mol. The maximum atomic E-state index is 11.7. The molecule has 0 aromatic carbocycles. The van der Waals surface area contributed by atoms with Gasteiger partial charge in [-0.05, 0) is 37.5 Å². The van der Waals surface area contributed by atoms with Crippen LogP contribution < -0.4 is 11.1 Å². The van der Waals surface area contributed by atoms with Crippen molar-refractivity contribution in [1.82, 2.24) is 4.98 Å². The number of nitrogens with one attached hydrogen (secondary N) is 1. The third-order valence-electron chi connectivity index (χ3n) is 2.23. The van der Waals surface area contributed by atoms with E-state index in [1.807, 2.05) is 19.2 Å². The first kappa shape index (κ1) is 13.0. The van der Waals surface area contributed by atoms with Crippen molar-refractivity contribution in [3.63, 3.8) is 0 Å². The first-order valence-corrected chi connectivity index (χ1v) is 6.51. The molecule has 1 aromatic rings. The third kappa shape index (κ3) is 3.83. The quantitative estimate of drug-likeness (QED) is 0.815. The first-order chi connectivity index (χ1) is 7.65. The van der Waals surface area contributed by atoms with E-state index in [0.29, 0.717) is 6.42 Å². The summed E-state index contributed by atoms with van der Waals surface area (Å²) in [5.74, 6) is 0.741. The fourth-order valence-electron chi connectivity index (χ4n) is 1.22. The average Bonchev–Trinajstić information content (AvgIpc) is 2.28. The minimum Gasteiger partial charge on any atom is -0.323 e. The van der Waals surface area contributed by atoms with Crippen LogP contribution in [0.4, 0.5) is 5.69 Å². The Morgan fingerprint density at radius 1 is 1.69 bits per heavy atom. The number of aromatic nitrogens is 1. The molecule has 1 amide bonds. The molecule has 0 aliphatic rings. The van der Waals surface area contributed by atoms with E-state index in [1.165, 1.54) is 0 Å². The number of anilines is 1. The number of hydrogen-bond donors (Lipinski definition) is 2. The third-order valence-corrected chi connectivity index (χ3v) is 2.88. The second-order valence-corrected chi connectivity index (χ2v) is 4.50. The highest BCUT2D eigenvalue weighted by molar-refractivity contribution is 7.98. The first-order valence-electron chi connectivity index (χ1n) is 5.12. The zero-order valence-corrected chi connectivity index (χ0v) is 10.4. The Bertz CT molecular complexity index is 357. The van der Waals surface area contributed by atoms with Crippen LogP contribution in [0.25, 0.3) is 0 Å². The molecule has 0 unspecified atom stereocenters. The van der Waals surface area contributed by atoms with Gasteiger partial charge >= 0.3 is 0 Å². The zero-order valence-electron chi connectivity index (χ0n) is 9.56. The number of nitrogens with two attached hydrogens (primary N) is 1. The van der Waals surface area contributed by atoms with Gasteiger partial charge in [-0.1, -0.05) is 0 Å². The smallest absolute Gasteiger partial charge is 0.241 e. The number of amides is 1. The van der Waals surface area contributed by atoms with Crippen molar-refractivity contribution in [3.8, 4) is 0 Å². The molecule has 16 heavy (non-hydrogen) atoms. The van der Waals surface area contributed by atoms with Crippen LogP contribution in [0.3, 0.4) is 0 Å². The minimum absolute atomic E-state index is 0.148. The van der Waals surface area contributed by atoms with E-state index >= 15 is 0 Å². The molecule has 0 saturated carbocycles. The van der Waals surface area contributed by atoms with Gasteiger partial charge in [0.2, 0.25) is 5.91 Å². The maximum Gasteiger partial charge on any atom is 0.241 e. The topological polar surface area (TPSA) is 68.0 Å². The van der Waals surface area contributed by atoms with E-state index in [4.69, 9.17) is 5.73 Å². The molecule has 0 aliphatic carbocycles. The lowest BCUT2D eigenvalue weighted by molar-refractivity contribution is -0.117. The SMILES string of the molecule is CSCC[C@@H](N)C(=O)Nc1cccnc1C. The number of carbonyl (C=O) groups excluding carboxylic acids is 1. The lowest BCUT2D eigenvalue weighted by Gasteiger charge is -2.12. The van der Waals surface area contributed by atoms with Crippen LogP contribution in [0.2, 0.25) is 0 Å². The summed E-state index contributed by atoms with van der Waals surface area (Å²) in [6.45, 7) is 1.85. The van der Waals surface area contributed by atoms with Crippen LogP contribution >= 0.6 is 11.8 Å². The largest absolute Gasteiger partial charge is 0.323 e. The van der Waals surface area contributed by atoms with Crippen molar-refractivity contribution < 1.29 is 4.79 Å². The van der Waals surface area contributed by atoms with Crippen molar-refractivity contribution in [1.29, 1.82) is 0 Å². The molecule has 0 radical (unpaired) electrons. The molecule has 0 bridgehead atoms. The van der Waals surface area contributed by atoms with Crippen LogP contribution in [-0.4, -0.2) is 28.9 Å². The van der Waals surface area contributed by atoms with Crippen LogP contribution in [0.1, 0.15) is 12.1 Å². The number of thioether (sulfide) groups is 1. The van der Waals surface area contributed by atoms with E-state index in [2.05, 4.69) is 10.3 Å². The van der Waals surface area contributed by atoms with Crippen LogP contribution in [0.15, 0.2) is 18.3 Å². The predicted molar refractivity (Wildman–Crippen MR) is 68.6 cm³/mol. The molecule has 1 rings (SSSR count). The molecular formula is C11H17N3OS. The van der Waals surface area contributed by atoms with Gasteiger partial charge in [0.25, 0.3) is 0 Å². The molecule has 0 spiro atoms. The maximum absolute atomic E-state index is 11.7. The van der Waals surface area contributed by atoms with Crippen molar-refractivity contribution in [3.05, 3.63) is 24.0 Å². The highest BCUT2D eigenvalue weighted by Gasteiger charge is 2.13. The molecule has 4 nitrogen and oxygen atoms in total. The van der Waals surface area contributed by atoms with Crippen molar-refractivity contribution in [2.75, 3.05) is 17.3 Å². The fraction of sp³-hybridized carbons (Fsp3) is 0.455. The molecule has 5 heteroatoms. The Kier molecular flexibility index (Phi) is 5.28. The summed E-state index contributed by atoms with van der Waals surface area (Å²) in [5, 5.41) is 2.78. The normalized spacial score (nSPS) is 12.2. The fourth-order valence-corrected chi connectivity index (χ4v) is 1.71. The summed E-state index contributed by atoms with van der Waals surface area (Å²) in [4.78, 5) is 15.8. The van der Waals surface area contributed by atoms with Gasteiger partial charge in [-0.3, -0.25) is 9.78 Å². The number of hydrogen-bond acceptors (Lipinski definition) is 4. The van der Waals surface area contributed by atoms with Gasteiger partial charge in [-0.2, -0.15) is 11.8 Å². The van der Waals surface area contributed by atoms with Crippen molar-refractivity contribution in [2.24, 2.45) is 5.73 Å². The molecule has 0 saturated heterocycles. The van der Waals surface area contributed by atoms with Gasteiger partial charge in [-0.25, -0.2) is 0 Å². The summed E-state index contributed by atoms with van der Waals surface area (Å²) in [6, 6.07) is 3.16. The van der Waals surface area contributed by atoms with Crippen LogP contribution in [0.5, 0.6) is 0 Å². The van der Waals surface area contributed by atoms with Crippen LogP contribution in [-0.2, 0) is 4.79 Å². The van der Waals surface area contributed by atoms with Gasteiger partial charge in [0.15, 0.2) is 0 Å². The molecule has 1 atom stereocenters. The monoisotopic (exact) mass is 239 g/mol. The summed E-state index contributed by atoms with van der Waals surface area (Å²) >= 11 is 1.68. The molecule has 88 valence electrons. The van der Waals surface area contributed by atoms with Crippen molar-refractivity contribution >= 4 is 23.4 Å². The number of carbonyl (C=O) groups is 1. The molecule has 0 aliphatic heterocycles. The zero-order chi connectivity index (χ0) is 12.0. The molecule has 1 heterocycles. The summed E-state index contributed by atoms with van der Waals surface area (Å²) in [5.41, 5.74) is 7.28. The second-order valence-electron chi connectivity index (χ2n) is 3.51. The Labute approximate surface area is 100 Å². The van der Waals surface area contributed by atoms with E-state index < -0.39 is 6.04 Å².